The van der Waals surface area contributed by atoms with Crippen molar-refractivity contribution in [1.82, 2.24) is 0 Å². The van der Waals surface area contributed by atoms with Gasteiger partial charge in [0.05, 0.1) is 13.2 Å². The fourth-order valence-corrected chi connectivity index (χ4v) is 4.05. The molecule has 2 aromatic rings. The van der Waals surface area contributed by atoms with Crippen molar-refractivity contribution >= 4 is 0 Å². The smallest absolute Gasteiger partial charge is 0.0721 e. The molecule has 0 radical (unpaired) electrons. The number of rotatable bonds is 10. The Labute approximate surface area is 176 Å². The Morgan fingerprint density at radius 3 is 2.00 bits per heavy atom. The van der Waals surface area contributed by atoms with Crippen molar-refractivity contribution in [2.24, 2.45) is 11.8 Å². The van der Waals surface area contributed by atoms with E-state index < -0.39 is 0 Å². The van der Waals surface area contributed by atoms with Crippen molar-refractivity contribution in [3.63, 3.8) is 0 Å². The van der Waals surface area contributed by atoms with Crippen LogP contribution in [0.25, 0.3) is 11.1 Å². The van der Waals surface area contributed by atoms with E-state index in [1.165, 1.54) is 54.4 Å². The molecule has 0 saturated heterocycles. The van der Waals surface area contributed by atoms with Crippen LogP contribution >= 0.6 is 0 Å². The first kappa shape index (κ1) is 21.3. The van der Waals surface area contributed by atoms with Gasteiger partial charge < -0.3 is 4.74 Å². The van der Waals surface area contributed by atoms with Gasteiger partial charge in [-0.05, 0) is 72.6 Å². The zero-order valence-electron chi connectivity index (χ0n) is 17.6. The Kier molecular flexibility index (Phi) is 8.52. The molecule has 0 N–H and O–H groups in total. The van der Waals surface area contributed by atoms with Gasteiger partial charge in [0.25, 0.3) is 0 Å². The molecule has 0 heterocycles. The standard InChI is InChI=1S/C28H34O/c1-3-21-29-22-26-15-19-28(20-16-26)27-17-13-25(14-18-27)8-6-5-7-24-11-9-23(4-2)10-12-24/h3-6,13-20,23-24H,1-2,7-12,21-22H2/b6-5+. The predicted octanol–water partition coefficient (Wildman–Crippen LogP) is 7.54. The van der Waals surface area contributed by atoms with Crippen LogP contribution in [0.15, 0.2) is 86.0 Å². The molecule has 0 unspecified atom stereocenters. The maximum absolute atomic E-state index is 5.50. The molecule has 0 aromatic heterocycles. The number of benzene rings is 2. The summed E-state index contributed by atoms with van der Waals surface area (Å²) in [4.78, 5) is 0. The molecule has 0 bridgehead atoms. The van der Waals surface area contributed by atoms with Gasteiger partial charge in [-0.25, -0.2) is 0 Å². The van der Waals surface area contributed by atoms with Crippen LogP contribution in [0.3, 0.4) is 0 Å². The van der Waals surface area contributed by atoms with Gasteiger partial charge >= 0.3 is 0 Å². The third-order valence-electron chi connectivity index (χ3n) is 5.96. The van der Waals surface area contributed by atoms with E-state index >= 15 is 0 Å². The number of allylic oxidation sites excluding steroid dienone is 3. The minimum absolute atomic E-state index is 0.591. The maximum atomic E-state index is 5.50. The molecule has 0 amide bonds. The molecule has 0 spiro atoms. The third kappa shape index (κ3) is 6.87. The van der Waals surface area contributed by atoms with Crippen molar-refractivity contribution in [1.29, 1.82) is 0 Å². The second-order valence-corrected chi connectivity index (χ2v) is 8.13. The van der Waals surface area contributed by atoms with E-state index in [-0.39, 0.29) is 0 Å². The largest absolute Gasteiger partial charge is 0.373 e. The van der Waals surface area contributed by atoms with Crippen LogP contribution in [-0.4, -0.2) is 6.61 Å². The van der Waals surface area contributed by atoms with Gasteiger partial charge in [0.2, 0.25) is 0 Å². The van der Waals surface area contributed by atoms with Crippen molar-refractivity contribution in [3.8, 4) is 11.1 Å². The average Bonchev–Trinajstić information content (AvgIpc) is 2.78. The lowest BCUT2D eigenvalue weighted by Crippen LogP contribution is -2.12. The van der Waals surface area contributed by atoms with Gasteiger partial charge in [0, 0.05) is 0 Å². The van der Waals surface area contributed by atoms with Gasteiger partial charge in [-0.3, -0.25) is 0 Å². The second kappa shape index (κ2) is 11.6. The van der Waals surface area contributed by atoms with Gasteiger partial charge in [-0.2, -0.15) is 0 Å². The van der Waals surface area contributed by atoms with Crippen LogP contribution in [0, 0.1) is 11.8 Å². The molecule has 1 saturated carbocycles. The Morgan fingerprint density at radius 2 is 1.41 bits per heavy atom. The summed E-state index contributed by atoms with van der Waals surface area (Å²) in [6.07, 6.45) is 16.3. The van der Waals surface area contributed by atoms with E-state index in [2.05, 4.69) is 79.9 Å². The van der Waals surface area contributed by atoms with Crippen LogP contribution in [-0.2, 0) is 17.8 Å². The minimum Gasteiger partial charge on any atom is -0.373 e. The number of ether oxygens (including phenoxy) is 1. The first-order valence-electron chi connectivity index (χ1n) is 10.9. The first-order chi connectivity index (χ1) is 14.3. The zero-order valence-corrected chi connectivity index (χ0v) is 17.6. The molecular weight excluding hydrogens is 352 g/mol. The van der Waals surface area contributed by atoms with Crippen LogP contribution in [0.2, 0.25) is 0 Å². The van der Waals surface area contributed by atoms with E-state index in [0.717, 1.165) is 18.3 Å². The fourth-order valence-electron chi connectivity index (χ4n) is 4.05. The molecule has 152 valence electrons. The number of hydrogen-bond donors (Lipinski definition) is 0. The second-order valence-electron chi connectivity index (χ2n) is 8.13. The van der Waals surface area contributed by atoms with Crippen LogP contribution in [0.4, 0.5) is 0 Å². The zero-order chi connectivity index (χ0) is 20.3. The first-order valence-corrected chi connectivity index (χ1v) is 10.9. The summed E-state index contributed by atoms with van der Waals surface area (Å²) in [7, 11) is 0. The maximum Gasteiger partial charge on any atom is 0.0721 e. The quantitative estimate of drug-likeness (QED) is 0.303. The summed E-state index contributed by atoms with van der Waals surface area (Å²) in [5, 5.41) is 0. The predicted molar refractivity (Wildman–Crippen MR) is 125 cm³/mol. The molecule has 1 aliphatic carbocycles. The molecule has 29 heavy (non-hydrogen) atoms. The fraction of sp³-hybridized carbons (Fsp3) is 0.357. The van der Waals surface area contributed by atoms with E-state index in [9.17, 15) is 0 Å². The lowest BCUT2D eigenvalue weighted by molar-refractivity contribution is 0.149. The van der Waals surface area contributed by atoms with E-state index in [0.29, 0.717) is 13.2 Å². The lowest BCUT2D eigenvalue weighted by Gasteiger charge is -2.25. The number of hydrogen-bond acceptors (Lipinski definition) is 1. The van der Waals surface area contributed by atoms with Crippen molar-refractivity contribution in [2.45, 2.75) is 45.1 Å². The minimum atomic E-state index is 0.591. The Balaban J connectivity index is 1.45. The SMILES string of the molecule is C=CCOCc1ccc(-c2ccc(C/C=C/CC3CCC(C=C)CC3)cc2)cc1. The van der Waals surface area contributed by atoms with Crippen LogP contribution in [0.1, 0.15) is 43.2 Å². The summed E-state index contributed by atoms with van der Waals surface area (Å²) < 4.78 is 5.50. The summed E-state index contributed by atoms with van der Waals surface area (Å²) in [5.41, 5.74) is 5.06. The molecule has 1 nitrogen and oxygen atoms in total. The normalized spacial score (nSPS) is 19.3. The van der Waals surface area contributed by atoms with E-state index in [4.69, 9.17) is 4.74 Å². The van der Waals surface area contributed by atoms with Crippen molar-refractivity contribution in [2.75, 3.05) is 6.61 Å². The van der Waals surface area contributed by atoms with E-state index in [1.807, 2.05) is 0 Å². The molecule has 1 aliphatic rings. The van der Waals surface area contributed by atoms with Crippen LogP contribution in [0.5, 0.6) is 0 Å². The highest BCUT2D eigenvalue weighted by molar-refractivity contribution is 5.64. The Bertz CT molecular complexity index is 774. The molecule has 1 fully saturated rings. The summed E-state index contributed by atoms with van der Waals surface area (Å²) >= 11 is 0. The molecular formula is C28H34O. The highest BCUT2D eigenvalue weighted by Gasteiger charge is 2.17. The average molecular weight is 387 g/mol. The van der Waals surface area contributed by atoms with Gasteiger partial charge in [0.1, 0.15) is 0 Å². The summed E-state index contributed by atoms with van der Waals surface area (Å²) in [6, 6.07) is 17.6. The van der Waals surface area contributed by atoms with Gasteiger partial charge in [0.15, 0.2) is 0 Å². The lowest BCUT2D eigenvalue weighted by atomic mass is 9.80. The molecule has 0 aliphatic heterocycles. The molecule has 2 aromatic carbocycles. The third-order valence-corrected chi connectivity index (χ3v) is 5.96. The van der Waals surface area contributed by atoms with E-state index in [1.54, 1.807) is 6.08 Å². The van der Waals surface area contributed by atoms with Crippen molar-refractivity contribution in [3.05, 3.63) is 97.1 Å². The van der Waals surface area contributed by atoms with Gasteiger partial charge in [-0.15, -0.1) is 13.2 Å². The highest BCUT2D eigenvalue weighted by Crippen LogP contribution is 2.31. The van der Waals surface area contributed by atoms with Crippen molar-refractivity contribution < 1.29 is 4.74 Å². The molecule has 1 heteroatoms. The van der Waals surface area contributed by atoms with Gasteiger partial charge in [-0.1, -0.05) is 72.8 Å². The molecule has 3 rings (SSSR count). The Morgan fingerprint density at radius 1 is 0.793 bits per heavy atom. The monoisotopic (exact) mass is 386 g/mol. The topological polar surface area (TPSA) is 9.23 Å². The summed E-state index contributed by atoms with van der Waals surface area (Å²) in [6.45, 7) is 8.83. The summed E-state index contributed by atoms with van der Waals surface area (Å²) in [5.74, 6) is 1.63. The Hall–Kier alpha value is -2.38. The molecule has 0 atom stereocenters. The highest BCUT2D eigenvalue weighted by atomic mass is 16.5. The van der Waals surface area contributed by atoms with Crippen LogP contribution < -0.4 is 0 Å².